The standard InChI is InChI=1S/C15H11FN2O/c16-12-5-3-4-11(8-12)10-18-14-7-2-1-6-13(14)17-9-15(18)19/h1-9H,10H2. The van der Waals surface area contributed by atoms with E-state index in [1.165, 1.54) is 18.3 Å². The third-order valence-electron chi connectivity index (χ3n) is 2.98. The zero-order valence-electron chi connectivity index (χ0n) is 10.1. The number of nitrogens with zero attached hydrogens (tertiary/aromatic N) is 2. The number of aromatic nitrogens is 2. The van der Waals surface area contributed by atoms with Crippen molar-refractivity contribution in [1.29, 1.82) is 0 Å². The second-order valence-corrected chi connectivity index (χ2v) is 4.30. The van der Waals surface area contributed by atoms with E-state index in [2.05, 4.69) is 4.98 Å². The molecule has 0 N–H and O–H groups in total. The molecule has 19 heavy (non-hydrogen) atoms. The van der Waals surface area contributed by atoms with Crippen molar-refractivity contribution in [1.82, 2.24) is 9.55 Å². The van der Waals surface area contributed by atoms with Crippen LogP contribution in [0.15, 0.2) is 59.5 Å². The molecule has 0 saturated carbocycles. The lowest BCUT2D eigenvalue weighted by molar-refractivity contribution is 0.623. The van der Waals surface area contributed by atoms with Crippen molar-refractivity contribution < 1.29 is 4.39 Å². The molecule has 0 aliphatic heterocycles. The van der Waals surface area contributed by atoms with Crippen LogP contribution in [0.25, 0.3) is 11.0 Å². The molecule has 0 atom stereocenters. The van der Waals surface area contributed by atoms with Crippen LogP contribution in [0, 0.1) is 5.82 Å². The predicted molar refractivity (Wildman–Crippen MR) is 71.5 cm³/mol. The molecule has 0 saturated heterocycles. The lowest BCUT2D eigenvalue weighted by Gasteiger charge is -2.09. The molecule has 0 radical (unpaired) electrons. The predicted octanol–water partition coefficient (Wildman–Crippen LogP) is 2.58. The summed E-state index contributed by atoms with van der Waals surface area (Å²) < 4.78 is 14.8. The monoisotopic (exact) mass is 254 g/mol. The van der Waals surface area contributed by atoms with Gasteiger partial charge >= 0.3 is 0 Å². The van der Waals surface area contributed by atoms with Crippen LogP contribution in [0.1, 0.15) is 5.56 Å². The van der Waals surface area contributed by atoms with Crippen molar-refractivity contribution in [3.8, 4) is 0 Å². The molecule has 94 valence electrons. The average molecular weight is 254 g/mol. The van der Waals surface area contributed by atoms with Gasteiger partial charge in [0.2, 0.25) is 0 Å². The Morgan fingerprint density at radius 3 is 2.79 bits per heavy atom. The molecular weight excluding hydrogens is 243 g/mol. The van der Waals surface area contributed by atoms with E-state index in [4.69, 9.17) is 0 Å². The summed E-state index contributed by atoms with van der Waals surface area (Å²) in [4.78, 5) is 16.0. The summed E-state index contributed by atoms with van der Waals surface area (Å²) in [6.45, 7) is 0.333. The summed E-state index contributed by atoms with van der Waals surface area (Å²) in [6, 6.07) is 13.7. The van der Waals surface area contributed by atoms with E-state index in [0.29, 0.717) is 6.54 Å². The van der Waals surface area contributed by atoms with E-state index in [1.54, 1.807) is 16.7 Å². The molecule has 0 amide bonds. The van der Waals surface area contributed by atoms with Crippen molar-refractivity contribution in [2.24, 2.45) is 0 Å². The number of halogens is 1. The summed E-state index contributed by atoms with van der Waals surface area (Å²) in [5, 5.41) is 0. The van der Waals surface area contributed by atoms with Gasteiger partial charge < -0.3 is 4.57 Å². The largest absolute Gasteiger partial charge is 0.301 e. The van der Waals surface area contributed by atoms with E-state index < -0.39 is 0 Å². The van der Waals surface area contributed by atoms with Crippen LogP contribution in [0.2, 0.25) is 0 Å². The fourth-order valence-electron chi connectivity index (χ4n) is 2.10. The molecule has 1 heterocycles. The molecule has 1 aromatic heterocycles. The molecule has 3 aromatic rings. The second-order valence-electron chi connectivity index (χ2n) is 4.30. The fourth-order valence-corrected chi connectivity index (χ4v) is 2.10. The first-order chi connectivity index (χ1) is 9.24. The van der Waals surface area contributed by atoms with Crippen LogP contribution < -0.4 is 5.56 Å². The Balaban J connectivity index is 2.14. The van der Waals surface area contributed by atoms with Gasteiger partial charge in [0, 0.05) is 0 Å². The van der Waals surface area contributed by atoms with E-state index in [9.17, 15) is 9.18 Å². The molecule has 0 fully saturated rings. The summed E-state index contributed by atoms with van der Waals surface area (Å²) >= 11 is 0. The zero-order valence-corrected chi connectivity index (χ0v) is 10.1. The maximum Gasteiger partial charge on any atom is 0.269 e. The Labute approximate surface area is 109 Å². The summed E-state index contributed by atoms with van der Waals surface area (Å²) in [7, 11) is 0. The lowest BCUT2D eigenvalue weighted by Crippen LogP contribution is -2.21. The number of benzene rings is 2. The summed E-state index contributed by atoms with van der Waals surface area (Å²) in [6.07, 6.45) is 1.29. The van der Waals surface area contributed by atoms with Gasteiger partial charge in [-0.2, -0.15) is 0 Å². The van der Waals surface area contributed by atoms with Gasteiger partial charge in [-0.3, -0.25) is 4.79 Å². The van der Waals surface area contributed by atoms with Gasteiger partial charge in [-0.1, -0.05) is 24.3 Å². The van der Waals surface area contributed by atoms with E-state index in [1.807, 2.05) is 24.3 Å². The quantitative estimate of drug-likeness (QED) is 0.704. The highest BCUT2D eigenvalue weighted by molar-refractivity contribution is 5.74. The van der Waals surface area contributed by atoms with Crippen LogP contribution in [-0.2, 0) is 6.54 Å². The highest BCUT2D eigenvalue weighted by Gasteiger charge is 2.04. The molecule has 0 aliphatic rings. The maximum atomic E-state index is 13.2. The fraction of sp³-hybridized carbons (Fsp3) is 0.0667. The molecular formula is C15H11FN2O. The van der Waals surface area contributed by atoms with Crippen LogP contribution in [-0.4, -0.2) is 9.55 Å². The number of hydrogen-bond acceptors (Lipinski definition) is 2. The van der Waals surface area contributed by atoms with Crippen LogP contribution in [0.3, 0.4) is 0 Å². The van der Waals surface area contributed by atoms with Crippen molar-refractivity contribution in [3.63, 3.8) is 0 Å². The van der Waals surface area contributed by atoms with Gasteiger partial charge in [-0.05, 0) is 29.8 Å². The molecule has 0 aliphatic carbocycles. The van der Waals surface area contributed by atoms with Crippen LogP contribution >= 0.6 is 0 Å². The van der Waals surface area contributed by atoms with Gasteiger partial charge in [-0.15, -0.1) is 0 Å². The van der Waals surface area contributed by atoms with Crippen molar-refractivity contribution in [2.75, 3.05) is 0 Å². The smallest absolute Gasteiger partial charge is 0.269 e. The second kappa shape index (κ2) is 4.65. The Morgan fingerprint density at radius 1 is 1.11 bits per heavy atom. The Morgan fingerprint density at radius 2 is 1.95 bits per heavy atom. The molecule has 0 bridgehead atoms. The summed E-state index contributed by atoms with van der Waals surface area (Å²) in [5.41, 5.74) is 2.05. The normalized spacial score (nSPS) is 10.8. The van der Waals surface area contributed by atoms with Gasteiger partial charge in [0.05, 0.1) is 23.8 Å². The Bertz CT molecular complexity index is 795. The molecule has 0 unspecified atom stereocenters. The van der Waals surface area contributed by atoms with Gasteiger partial charge in [0.15, 0.2) is 0 Å². The van der Waals surface area contributed by atoms with Crippen LogP contribution in [0.4, 0.5) is 4.39 Å². The first kappa shape index (κ1) is 11.6. The van der Waals surface area contributed by atoms with Crippen molar-refractivity contribution >= 4 is 11.0 Å². The van der Waals surface area contributed by atoms with Crippen molar-refractivity contribution in [2.45, 2.75) is 6.54 Å². The number of hydrogen-bond donors (Lipinski definition) is 0. The Hall–Kier alpha value is -2.49. The number of rotatable bonds is 2. The molecule has 3 nitrogen and oxygen atoms in total. The average Bonchev–Trinajstić information content (AvgIpc) is 2.42. The van der Waals surface area contributed by atoms with Crippen molar-refractivity contribution in [3.05, 3.63) is 76.5 Å². The van der Waals surface area contributed by atoms with E-state index in [0.717, 1.165) is 16.6 Å². The Kier molecular flexibility index (Phi) is 2.83. The molecule has 4 heteroatoms. The molecule has 2 aromatic carbocycles. The van der Waals surface area contributed by atoms with Crippen LogP contribution in [0.5, 0.6) is 0 Å². The molecule has 0 spiro atoms. The third kappa shape index (κ3) is 2.25. The van der Waals surface area contributed by atoms with Gasteiger partial charge in [-0.25, -0.2) is 9.37 Å². The topological polar surface area (TPSA) is 34.9 Å². The summed E-state index contributed by atoms with van der Waals surface area (Å²) in [5.74, 6) is -0.302. The first-order valence-corrected chi connectivity index (χ1v) is 5.93. The highest BCUT2D eigenvalue weighted by Crippen LogP contribution is 2.11. The zero-order chi connectivity index (χ0) is 13.2. The minimum absolute atomic E-state index is 0.192. The van der Waals surface area contributed by atoms with E-state index >= 15 is 0 Å². The SMILES string of the molecule is O=c1cnc2ccccc2n1Cc1cccc(F)c1. The minimum Gasteiger partial charge on any atom is -0.301 e. The maximum absolute atomic E-state index is 13.2. The van der Waals surface area contributed by atoms with Gasteiger partial charge in [0.1, 0.15) is 5.82 Å². The number of fused-ring (bicyclic) bond motifs is 1. The van der Waals surface area contributed by atoms with Gasteiger partial charge in [0.25, 0.3) is 5.56 Å². The van der Waals surface area contributed by atoms with E-state index in [-0.39, 0.29) is 11.4 Å². The highest BCUT2D eigenvalue weighted by atomic mass is 19.1. The molecule has 3 rings (SSSR count). The lowest BCUT2D eigenvalue weighted by atomic mass is 10.2. The third-order valence-corrected chi connectivity index (χ3v) is 2.98. The first-order valence-electron chi connectivity index (χ1n) is 5.93. The number of para-hydroxylation sites is 2. The minimum atomic E-state index is -0.302.